The molecule has 0 bridgehead atoms. The van der Waals surface area contributed by atoms with Gasteiger partial charge in [-0.3, -0.25) is 4.72 Å². The van der Waals surface area contributed by atoms with Crippen LogP contribution < -0.4 is 4.72 Å². The number of nitrogens with one attached hydrogen (secondary N) is 1. The summed E-state index contributed by atoms with van der Waals surface area (Å²) in [7, 11) is -3.72. The summed E-state index contributed by atoms with van der Waals surface area (Å²) in [6, 6.07) is 14.8. The molecule has 2 aromatic carbocycles. The molecule has 2 aromatic rings. The van der Waals surface area contributed by atoms with Crippen LogP contribution in [-0.2, 0) is 23.1 Å². The largest absolute Gasteiger partial charge is 0.392 e. The predicted octanol–water partition coefficient (Wildman–Crippen LogP) is 2.05. The SMILES string of the molecule is N#CCc1ccc(S(=O)(=O)Nc2ccccc2CO)cc1. The molecule has 0 aliphatic carbocycles. The number of para-hydroxylation sites is 1. The van der Waals surface area contributed by atoms with Gasteiger partial charge in [-0.1, -0.05) is 30.3 Å². The van der Waals surface area contributed by atoms with Gasteiger partial charge < -0.3 is 5.11 Å². The van der Waals surface area contributed by atoms with Crippen molar-refractivity contribution in [2.75, 3.05) is 4.72 Å². The number of aliphatic hydroxyl groups excluding tert-OH is 1. The first kappa shape index (κ1) is 15.0. The summed E-state index contributed by atoms with van der Waals surface area (Å²) in [6.07, 6.45) is 0.237. The molecular weight excluding hydrogens is 288 g/mol. The van der Waals surface area contributed by atoms with Gasteiger partial charge in [0.1, 0.15) is 0 Å². The molecule has 0 aliphatic rings. The minimum Gasteiger partial charge on any atom is -0.392 e. The monoisotopic (exact) mass is 302 g/mol. The maximum absolute atomic E-state index is 12.3. The van der Waals surface area contributed by atoms with E-state index in [2.05, 4.69) is 4.72 Å². The Kier molecular flexibility index (Phi) is 4.58. The van der Waals surface area contributed by atoms with Crippen LogP contribution in [0.2, 0.25) is 0 Å². The van der Waals surface area contributed by atoms with E-state index in [9.17, 15) is 13.5 Å². The summed E-state index contributed by atoms with van der Waals surface area (Å²) in [5.74, 6) is 0. The van der Waals surface area contributed by atoms with E-state index < -0.39 is 10.0 Å². The first-order valence-electron chi connectivity index (χ1n) is 6.24. The first-order chi connectivity index (χ1) is 10.1. The number of anilines is 1. The van der Waals surface area contributed by atoms with Crippen molar-refractivity contribution in [2.45, 2.75) is 17.9 Å². The maximum Gasteiger partial charge on any atom is 0.261 e. The smallest absolute Gasteiger partial charge is 0.261 e. The zero-order valence-electron chi connectivity index (χ0n) is 11.2. The van der Waals surface area contributed by atoms with E-state index in [1.807, 2.05) is 6.07 Å². The number of nitriles is 1. The second-order valence-corrected chi connectivity index (χ2v) is 6.08. The number of sulfonamides is 1. The van der Waals surface area contributed by atoms with Gasteiger partial charge in [-0.25, -0.2) is 8.42 Å². The van der Waals surface area contributed by atoms with E-state index in [-0.39, 0.29) is 17.9 Å². The van der Waals surface area contributed by atoms with E-state index in [0.29, 0.717) is 11.3 Å². The Morgan fingerprint density at radius 3 is 2.38 bits per heavy atom. The van der Waals surface area contributed by atoms with Gasteiger partial charge in [0.25, 0.3) is 10.0 Å². The Labute approximate surface area is 123 Å². The van der Waals surface area contributed by atoms with Crippen molar-refractivity contribution in [3.8, 4) is 6.07 Å². The highest BCUT2D eigenvalue weighted by Gasteiger charge is 2.15. The van der Waals surface area contributed by atoms with E-state index in [0.717, 1.165) is 5.56 Å². The van der Waals surface area contributed by atoms with Gasteiger partial charge >= 0.3 is 0 Å². The van der Waals surface area contributed by atoms with Crippen LogP contribution in [0.25, 0.3) is 0 Å². The molecule has 0 unspecified atom stereocenters. The first-order valence-corrected chi connectivity index (χ1v) is 7.72. The topological polar surface area (TPSA) is 90.2 Å². The van der Waals surface area contributed by atoms with E-state index in [4.69, 9.17) is 5.26 Å². The highest BCUT2D eigenvalue weighted by atomic mass is 32.2. The van der Waals surface area contributed by atoms with Crippen LogP contribution >= 0.6 is 0 Å². The Morgan fingerprint density at radius 2 is 1.76 bits per heavy atom. The number of benzene rings is 2. The molecule has 6 heteroatoms. The average Bonchev–Trinajstić information content (AvgIpc) is 2.48. The average molecular weight is 302 g/mol. The fraction of sp³-hybridized carbons (Fsp3) is 0.133. The van der Waals surface area contributed by atoms with Gasteiger partial charge in [-0.05, 0) is 23.8 Å². The quantitative estimate of drug-likeness (QED) is 0.884. The lowest BCUT2D eigenvalue weighted by Gasteiger charge is -2.11. The van der Waals surface area contributed by atoms with Crippen LogP contribution in [0, 0.1) is 11.3 Å². The Bertz CT molecular complexity index is 762. The van der Waals surface area contributed by atoms with Crippen molar-refractivity contribution in [3.63, 3.8) is 0 Å². The molecule has 0 fully saturated rings. The van der Waals surface area contributed by atoms with Crippen molar-refractivity contribution < 1.29 is 13.5 Å². The van der Waals surface area contributed by atoms with Gasteiger partial charge in [0.05, 0.1) is 29.7 Å². The Hall–Kier alpha value is -2.36. The molecule has 0 amide bonds. The summed E-state index contributed by atoms with van der Waals surface area (Å²) in [4.78, 5) is 0.108. The number of nitrogens with zero attached hydrogens (tertiary/aromatic N) is 1. The second-order valence-electron chi connectivity index (χ2n) is 4.40. The summed E-state index contributed by atoms with van der Waals surface area (Å²) in [6.45, 7) is -0.250. The normalized spacial score (nSPS) is 10.9. The molecule has 21 heavy (non-hydrogen) atoms. The number of hydrogen-bond acceptors (Lipinski definition) is 4. The Morgan fingerprint density at radius 1 is 1.10 bits per heavy atom. The van der Waals surface area contributed by atoms with E-state index >= 15 is 0 Å². The van der Waals surface area contributed by atoms with Crippen LogP contribution in [0.1, 0.15) is 11.1 Å². The lowest BCUT2D eigenvalue weighted by atomic mass is 10.2. The van der Waals surface area contributed by atoms with Gasteiger partial charge in [0.15, 0.2) is 0 Å². The lowest BCUT2D eigenvalue weighted by Crippen LogP contribution is -2.14. The minimum atomic E-state index is -3.72. The zero-order valence-corrected chi connectivity index (χ0v) is 12.0. The molecule has 0 heterocycles. The van der Waals surface area contributed by atoms with Gasteiger partial charge in [0.2, 0.25) is 0 Å². The van der Waals surface area contributed by atoms with Crippen molar-refractivity contribution in [2.24, 2.45) is 0 Å². The fourth-order valence-electron chi connectivity index (χ4n) is 1.84. The van der Waals surface area contributed by atoms with Crippen molar-refractivity contribution in [3.05, 3.63) is 59.7 Å². The van der Waals surface area contributed by atoms with Crippen LogP contribution in [0.4, 0.5) is 5.69 Å². The van der Waals surface area contributed by atoms with Gasteiger partial charge in [-0.15, -0.1) is 0 Å². The van der Waals surface area contributed by atoms with Crippen LogP contribution in [0.5, 0.6) is 0 Å². The van der Waals surface area contributed by atoms with Crippen molar-refractivity contribution in [1.82, 2.24) is 0 Å². The zero-order chi connectivity index (χ0) is 15.3. The molecule has 0 radical (unpaired) electrons. The standard InChI is InChI=1S/C15H14N2O3S/c16-10-9-12-5-7-14(8-6-12)21(19,20)17-15-4-2-1-3-13(15)11-18/h1-8,17-18H,9,11H2. The summed E-state index contributed by atoms with van der Waals surface area (Å²) in [5, 5.41) is 17.8. The molecule has 0 aromatic heterocycles. The van der Waals surface area contributed by atoms with E-state index in [1.165, 1.54) is 12.1 Å². The third kappa shape index (κ3) is 3.60. The third-order valence-electron chi connectivity index (χ3n) is 2.95. The molecule has 0 saturated carbocycles. The second kappa shape index (κ2) is 6.39. The summed E-state index contributed by atoms with van der Waals surface area (Å²) >= 11 is 0. The van der Waals surface area contributed by atoms with Crippen LogP contribution in [0.3, 0.4) is 0 Å². The molecule has 0 atom stereocenters. The minimum absolute atomic E-state index is 0.108. The number of hydrogen-bond donors (Lipinski definition) is 2. The number of aliphatic hydroxyl groups is 1. The third-order valence-corrected chi connectivity index (χ3v) is 4.33. The van der Waals surface area contributed by atoms with Crippen LogP contribution in [-0.4, -0.2) is 13.5 Å². The van der Waals surface area contributed by atoms with Gasteiger partial charge in [-0.2, -0.15) is 5.26 Å². The molecule has 0 saturated heterocycles. The predicted molar refractivity (Wildman–Crippen MR) is 78.9 cm³/mol. The fourth-order valence-corrected chi connectivity index (χ4v) is 2.94. The number of rotatable bonds is 5. The van der Waals surface area contributed by atoms with Crippen molar-refractivity contribution >= 4 is 15.7 Å². The lowest BCUT2D eigenvalue weighted by molar-refractivity contribution is 0.282. The highest BCUT2D eigenvalue weighted by molar-refractivity contribution is 7.92. The van der Waals surface area contributed by atoms with Gasteiger partial charge in [0, 0.05) is 5.56 Å². The molecule has 2 N–H and O–H groups in total. The van der Waals surface area contributed by atoms with E-state index in [1.54, 1.807) is 36.4 Å². The molecule has 108 valence electrons. The Balaban J connectivity index is 2.28. The van der Waals surface area contributed by atoms with Crippen molar-refractivity contribution in [1.29, 1.82) is 5.26 Å². The molecular formula is C15H14N2O3S. The highest BCUT2D eigenvalue weighted by Crippen LogP contribution is 2.20. The molecule has 5 nitrogen and oxygen atoms in total. The summed E-state index contributed by atoms with van der Waals surface area (Å²) < 4.78 is 27.0. The maximum atomic E-state index is 12.3. The molecule has 0 spiro atoms. The van der Waals surface area contributed by atoms with Crippen LogP contribution in [0.15, 0.2) is 53.4 Å². The summed E-state index contributed by atoms with van der Waals surface area (Å²) in [5.41, 5.74) is 1.61. The molecule has 2 rings (SSSR count). The molecule has 0 aliphatic heterocycles.